The molecule has 1 aliphatic carbocycles. The topological polar surface area (TPSA) is 20.2 Å². The van der Waals surface area contributed by atoms with Gasteiger partial charge in [0.15, 0.2) is 0 Å². The zero-order valence-corrected chi connectivity index (χ0v) is 9.13. The van der Waals surface area contributed by atoms with Crippen molar-refractivity contribution in [2.24, 2.45) is 5.92 Å². The molecule has 16 heavy (non-hydrogen) atoms. The van der Waals surface area contributed by atoms with Gasteiger partial charge < -0.3 is 5.11 Å². The summed E-state index contributed by atoms with van der Waals surface area (Å²) in [5, 5.41) is 9.77. The highest BCUT2D eigenvalue weighted by Gasteiger charge is 2.25. The molecule has 1 N–H and O–H groups in total. The monoisotopic (exact) mass is 226 g/mol. The Morgan fingerprint density at radius 1 is 1.12 bits per heavy atom. The Morgan fingerprint density at radius 2 is 1.75 bits per heavy atom. The molecule has 2 atom stereocenters. The predicted octanol–water partition coefficient (Wildman–Crippen LogP) is 3.06. The molecule has 0 saturated heterocycles. The third kappa shape index (κ3) is 2.40. The van der Waals surface area contributed by atoms with E-state index in [1.807, 2.05) is 0 Å². The lowest BCUT2D eigenvalue weighted by Gasteiger charge is -2.27. The molecule has 0 heterocycles. The molecular weight excluding hydrogens is 210 g/mol. The number of hydrogen-bond donors (Lipinski definition) is 1. The Bertz CT molecular complexity index is 345. The lowest BCUT2D eigenvalue weighted by atomic mass is 9.82. The second-order valence-corrected chi connectivity index (χ2v) is 4.52. The van der Waals surface area contributed by atoms with Crippen molar-refractivity contribution in [2.45, 2.75) is 38.2 Å². The molecule has 0 aromatic heterocycles. The highest BCUT2D eigenvalue weighted by molar-refractivity contribution is 5.20. The largest absolute Gasteiger partial charge is 0.393 e. The zero-order chi connectivity index (χ0) is 11.5. The van der Waals surface area contributed by atoms with Crippen LogP contribution in [0.2, 0.25) is 0 Å². The molecule has 2 unspecified atom stereocenters. The Labute approximate surface area is 94.1 Å². The van der Waals surface area contributed by atoms with E-state index in [9.17, 15) is 13.9 Å². The molecule has 0 bridgehead atoms. The van der Waals surface area contributed by atoms with Gasteiger partial charge in [-0.15, -0.1) is 0 Å². The maximum Gasteiger partial charge on any atom is 0.129 e. The zero-order valence-electron chi connectivity index (χ0n) is 9.13. The standard InChI is InChI=1S/C13H16F2O/c14-11-5-3-6-12(15)10(11)8-9-4-1-2-7-13(9)16/h3,5-6,9,13,16H,1-2,4,7-8H2. The Kier molecular flexibility index (Phi) is 3.54. The van der Waals surface area contributed by atoms with Crippen molar-refractivity contribution in [2.75, 3.05) is 0 Å². The van der Waals surface area contributed by atoms with E-state index in [1.54, 1.807) is 0 Å². The first-order valence-electron chi connectivity index (χ1n) is 5.79. The highest BCUT2D eigenvalue weighted by Crippen LogP contribution is 2.28. The minimum absolute atomic E-state index is 0.000139. The van der Waals surface area contributed by atoms with Crippen LogP contribution in [-0.4, -0.2) is 11.2 Å². The summed E-state index contributed by atoms with van der Waals surface area (Å²) in [4.78, 5) is 0. The van der Waals surface area contributed by atoms with Gasteiger partial charge in [-0.25, -0.2) is 8.78 Å². The van der Waals surface area contributed by atoms with Crippen molar-refractivity contribution in [3.05, 3.63) is 35.4 Å². The minimum Gasteiger partial charge on any atom is -0.393 e. The Morgan fingerprint density at radius 3 is 2.38 bits per heavy atom. The molecular formula is C13H16F2O. The summed E-state index contributed by atoms with van der Waals surface area (Å²) in [6.07, 6.45) is 3.55. The van der Waals surface area contributed by atoms with Gasteiger partial charge in [-0.3, -0.25) is 0 Å². The Hall–Kier alpha value is -0.960. The molecule has 1 aromatic carbocycles. The van der Waals surface area contributed by atoms with Crippen molar-refractivity contribution in [3.63, 3.8) is 0 Å². The van der Waals surface area contributed by atoms with E-state index in [2.05, 4.69) is 0 Å². The number of rotatable bonds is 2. The van der Waals surface area contributed by atoms with Gasteiger partial charge in [-0.2, -0.15) is 0 Å². The van der Waals surface area contributed by atoms with Gasteiger partial charge in [0, 0.05) is 5.56 Å². The normalized spacial score (nSPS) is 25.7. The summed E-state index contributed by atoms with van der Waals surface area (Å²) >= 11 is 0. The van der Waals surface area contributed by atoms with E-state index in [4.69, 9.17) is 0 Å². The Balaban J connectivity index is 2.13. The van der Waals surface area contributed by atoms with Gasteiger partial charge in [-0.1, -0.05) is 18.9 Å². The van der Waals surface area contributed by atoms with Crippen LogP contribution in [0.3, 0.4) is 0 Å². The van der Waals surface area contributed by atoms with Gasteiger partial charge in [0.05, 0.1) is 6.10 Å². The van der Waals surface area contributed by atoms with Gasteiger partial charge in [0.25, 0.3) is 0 Å². The fourth-order valence-electron chi connectivity index (χ4n) is 2.42. The fraction of sp³-hybridized carbons (Fsp3) is 0.538. The van der Waals surface area contributed by atoms with Crippen molar-refractivity contribution < 1.29 is 13.9 Å². The summed E-state index contributed by atoms with van der Waals surface area (Å²) in [5.74, 6) is -1.00. The molecule has 1 fully saturated rings. The molecule has 2 rings (SSSR count). The summed E-state index contributed by atoms with van der Waals surface area (Å²) in [7, 11) is 0. The number of aliphatic hydroxyl groups excluding tert-OH is 1. The average molecular weight is 226 g/mol. The average Bonchev–Trinajstić information content (AvgIpc) is 2.26. The van der Waals surface area contributed by atoms with Crippen LogP contribution in [0.25, 0.3) is 0 Å². The lowest BCUT2D eigenvalue weighted by Crippen LogP contribution is -2.26. The summed E-state index contributed by atoms with van der Waals surface area (Å²) in [5.41, 5.74) is 0.119. The van der Waals surface area contributed by atoms with E-state index in [0.29, 0.717) is 6.42 Å². The van der Waals surface area contributed by atoms with Crippen LogP contribution in [0.1, 0.15) is 31.2 Å². The van der Waals surface area contributed by atoms with E-state index < -0.39 is 17.7 Å². The second kappa shape index (κ2) is 4.91. The van der Waals surface area contributed by atoms with Crippen LogP contribution in [0.4, 0.5) is 8.78 Å². The maximum absolute atomic E-state index is 13.4. The van der Waals surface area contributed by atoms with Crippen LogP contribution >= 0.6 is 0 Å². The second-order valence-electron chi connectivity index (χ2n) is 4.52. The SMILES string of the molecule is OC1CCCCC1Cc1c(F)cccc1F. The summed E-state index contributed by atoms with van der Waals surface area (Å²) < 4.78 is 26.8. The van der Waals surface area contributed by atoms with Gasteiger partial charge in [-0.05, 0) is 37.3 Å². The van der Waals surface area contributed by atoms with Crippen molar-refractivity contribution in [1.29, 1.82) is 0 Å². The molecule has 0 radical (unpaired) electrons. The van der Waals surface area contributed by atoms with Crippen molar-refractivity contribution in [3.8, 4) is 0 Å². The van der Waals surface area contributed by atoms with Crippen molar-refractivity contribution >= 4 is 0 Å². The molecule has 1 saturated carbocycles. The van der Waals surface area contributed by atoms with E-state index >= 15 is 0 Å². The van der Waals surface area contributed by atoms with Crippen LogP contribution in [0, 0.1) is 17.6 Å². The first-order valence-corrected chi connectivity index (χ1v) is 5.79. The van der Waals surface area contributed by atoms with Crippen molar-refractivity contribution in [1.82, 2.24) is 0 Å². The van der Waals surface area contributed by atoms with Crippen LogP contribution in [-0.2, 0) is 6.42 Å². The van der Waals surface area contributed by atoms with E-state index in [1.165, 1.54) is 18.2 Å². The molecule has 1 aromatic rings. The molecule has 0 amide bonds. The predicted molar refractivity (Wildman–Crippen MR) is 58.0 cm³/mol. The van der Waals surface area contributed by atoms with Crippen LogP contribution in [0.5, 0.6) is 0 Å². The van der Waals surface area contributed by atoms with Gasteiger partial charge >= 0.3 is 0 Å². The highest BCUT2D eigenvalue weighted by atomic mass is 19.1. The van der Waals surface area contributed by atoms with E-state index in [0.717, 1.165) is 25.7 Å². The van der Waals surface area contributed by atoms with E-state index in [-0.39, 0.29) is 11.5 Å². The minimum atomic E-state index is -0.502. The molecule has 88 valence electrons. The number of aliphatic hydroxyl groups is 1. The smallest absolute Gasteiger partial charge is 0.129 e. The fourth-order valence-corrected chi connectivity index (χ4v) is 2.42. The third-order valence-electron chi connectivity index (χ3n) is 3.40. The number of hydrogen-bond acceptors (Lipinski definition) is 1. The third-order valence-corrected chi connectivity index (χ3v) is 3.40. The lowest BCUT2D eigenvalue weighted by molar-refractivity contribution is 0.0691. The maximum atomic E-state index is 13.4. The molecule has 3 heteroatoms. The molecule has 0 aliphatic heterocycles. The van der Waals surface area contributed by atoms with Gasteiger partial charge in [0.1, 0.15) is 11.6 Å². The number of halogens is 2. The number of benzene rings is 1. The molecule has 1 nitrogen and oxygen atoms in total. The summed E-state index contributed by atoms with van der Waals surface area (Å²) in [6.45, 7) is 0. The van der Waals surface area contributed by atoms with Crippen LogP contribution < -0.4 is 0 Å². The molecule has 1 aliphatic rings. The van der Waals surface area contributed by atoms with Gasteiger partial charge in [0.2, 0.25) is 0 Å². The first-order chi connectivity index (χ1) is 7.68. The molecule has 0 spiro atoms. The summed E-state index contributed by atoms with van der Waals surface area (Å²) in [6, 6.07) is 3.91. The first kappa shape index (κ1) is 11.5. The quantitative estimate of drug-likeness (QED) is 0.821. The van der Waals surface area contributed by atoms with Crippen LogP contribution in [0.15, 0.2) is 18.2 Å².